The van der Waals surface area contributed by atoms with Crippen molar-refractivity contribution in [3.05, 3.63) is 147 Å². The molecule has 0 radical (unpaired) electrons. The molecule has 3 heterocycles. The molecule has 2 aliphatic heterocycles. The molecule has 0 saturated heterocycles. The lowest BCUT2D eigenvalue weighted by Gasteiger charge is -2.25. The molecule has 0 bridgehead atoms. The third-order valence-corrected chi connectivity index (χ3v) is 13.4. The normalized spacial score (nSPS) is 14.7. The van der Waals surface area contributed by atoms with Crippen LogP contribution in [-0.4, -0.2) is 39.3 Å². The molecule has 8 rings (SSSR count). The first kappa shape index (κ1) is 43.4. The first-order valence-electron chi connectivity index (χ1n) is 22.9. The third kappa shape index (κ3) is 8.23. The Hall–Kier alpha value is -5.20. The van der Waals surface area contributed by atoms with Crippen molar-refractivity contribution in [2.75, 3.05) is 13.1 Å². The van der Waals surface area contributed by atoms with Gasteiger partial charge in [-0.15, -0.1) is 0 Å². The molecule has 5 aromatic carbocycles. The Morgan fingerprint density at radius 3 is 1.26 bits per heavy atom. The van der Waals surface area contributed by atoms with Gasteiger partial charge in [-0.3, -0.25) is 9.59 Å². The Kier molecular flexibility index (Phi) is 12.3. The molecule has 1 aromatic heterocycles. The maximum Gasteiger partial charge on any atom is 0.261 e. The fraction of sp³-hybridized carbons (Fsp3) is 0.357. The summed E-state index contributed by atoms with van der Waals surface area (Å²) in [5.41, 5.74) is 12.8. The van der Waals surface area contributed by atoms with E-state index in [1.165, 1.54) is 32.9 Å². The molecular formula is C56H62BrN3O2. The summed E-state index contributed by atoms with van der Waals surface area (Å²) in [6.07, 6.45) is 8.34. The van der Waals surface area contributed by atoms with E-state index in [-0.39, 0.29) is 22.6 Å². The minimum Gasteiger partial charge on any atom is -0.309 e. The van der Waals surface area contributed by atoms with Crippen LogP contribution < -0.4 is 0 Å². The SMILES string of the molecule is CCCCCCN1C(=O)C2=C(c3ccc(-c4ccc(-n5c6ccc(C(C)(C)C)cc6c6cc(C(C)(C)C)ccc65)cc4)cc3)N(CCCCCC)C(=O)C2=C1c1ccc(Br)cc1. The van der Waals surface area contributed by atoms with Crippen LogP contribution in [0, 0.1) is 0 Å². The van der Waals surface area contributed by atoms with Crippen molar-refractivity contribution in [2.24, 2.45) is 0 Å². The number of aromatic nitrogens is 1. The highest BCUT2D eigenvalue weighted by Crippen LogP contribution is 2.47. The van der Waals surface area contributed by atoms with Crippen LogP contribution >= 0.6 is 15.9 Å². The number of halogens is 1. The van der Waals surface area contributed by atoms with Gasteiger partial charge in [-0.25, -0.2) is 0 Å². The van der Waals surface area contributed by atoms with Gasteiger partial charge >= 0.3 is 0 Å². The fourth-order valence-corrected chi connectivity index (χ4v) is 9.55. The molecule has 0 saturated carbocycles. The minimum atomic E-state index is -0.0668. The predicted octanol–water partition coefficient (Wildman–Crippen LogP) is 14.8. The molecule has 6 aromatic rings. The Morgan fingerprint density at radius 1 is 0.468 bits per heavy atom. The van der Waals surface area contributed by atoms with Gasteiger partial charge in [-0.2, -0.15) is 0 Å². The fourth-order valence-electron chi connectivity index (χ4n) is 9.28. The monoisotopic (exact) mass is 887 g/mol. The summed E-state index contributed by atoms with van der Waals surface area (Å²) >= 11 is 3.58. The summed E-state index contributed by atoms with van der Waals surface area (Å²) in [4.78, 5) is 33.2. The van der Waals surface area contributed by atoms with E-state index in [1.807, 2.05) is 34.1 Å². The van der Waals surface area contributed by atoms with E-state index < -0.39 is 0 Å². The van der Waals surface area contributed by atoms with E-state index in [0.29, 0.717) is 24.2 Å². The molecule has 6 heteroatoms. The van der Waals surface area contributed by atoms with Crippen LogP contribution in [0.1, 0.15) is 129 Å². The molecule has 0 fully saturated rings. The van der Waals surface area contributed by atoms with Crippen LogP contribution in [0.5, 0.6) is 0 Å². The van der Waals surface area contributed by atoms with Crippen LogP contribution in [0.3, 0.4) is 0 Å². The van der Waals surface area contributed by atoms with Crippen molar-refractivity contribution in [3.8, 4) is 16.8 Å². The summed E-state index contributed by atoms with van der Waals surface area (Å²) in [6.45, 7) is 19.3. The van der Waals surface area contributed by atoms with Crippen LogP contribution in [0.15, 0.2) is 125 Å². The van der Waals surface area contributed by atoms with Gasteiger partial charge in [0.25, 0.3) is 11.8 Å². The predicted molar refractivity (Wildman–Crippen MR) is 263 cm³/mol. The van der Waals surface area contributed by atoms with Gasteiger partial charge in [0.05, 0.1) is 33.6 Å². The second-order valence-electron chi connectivity index (χ2n) is 19.4. The van der Waals surface area contributed by atoms with E-state index in [9.17, 15) is 9.59 Å². The molecular weight excluding hydrogens is 827 g/mol. The van der Waals surface area contributed by atoms with Crippen molar-refractivity contribution < 1.29 is 9.59 Å². The molecule has 0 N–H and O–H groups in total. The second kappa shape index (κ2) is 17.5. The van der Waals surface area contributed by atoms with Crippen molar-refractivity contribution in [2.45, 2.75) is 118 Å². The van der Waals surface area contributed by atoms with Crippen molar-refractivity contribution in [1.29, 1.82) is 0 Å². The maximum atomic E-state index is 14.7. The molecule has 0 spiro atoms. The summed E-state index contributed by atoms with van der Waals surface area (Å²) in [5.74, 6) is -0.134. The lowest BCUT2D eigenvalue weighted by Crippen LogP contribution is -2.31. The number of hydrogen-bond acceptors (Lipinski definition) is 2. The van der Waals surface area contributed by atoms with Crippen molar-refractivity contribution >= 4 is 60.9 Å². The smallest absolute Gasteiger partial charge is 0.261 e. The molecule has 5 nitrogen and oxygen atoms in total. The Balaban J connectivity index is 1.17. The summed E-state index contributed by atoms with van der Waals surface area (Å²) in [7, 11) is 0. The van der Waals surface area contributed by atoms with Gasteiger partial charge < -0.3 is 14.4 Å². The average Bonchev–Trinajstić information content (AvgIpc) is 3.84. The largest absolute Gasteiger partial charge is 0.309 e. The van der Waals surface area contributed by atoms with Gasteiger partial charge in [0.1, 0.15) is 0 Å². The molecule has 2 amide bonds. The number of nitrogens with zero attached hydrogens (tertiary/aromatic N) is 3. The highest BCUT2D eigenvalue weighted by atomic mass is 79.9. The van der Waals surface area contributed by atoms with E-state index in [4.69, 9.17) is 0 Å². The lowest BCUT2D eigenvalue weighted by molar-refractivity contribution is -0.124. The number of hydrogen-bond donors (Lipinski definition) is 0. The van der Waals surface area contributed by atoms with Crippen LogP contribution in [0.2, 0.25) is 0 Å². The number of unbranched alkanes of at least 4 members (excludes halogenated alkanes) is 6. The van der Waals surface area contributed by atoms with E-state index >= 15 is 0 Å². The first-order valence-corrected chi connectivity index (χ1v) is 23.7. The van der Waals surface area contributed by atoms with E-state index in [0.717, 1.165) is 95.2 Å². The third-order valence-electron chi connectivity index (χ3n) is 12.9. The number of carbonyl (C=O) groups excluding carboxylic acids is 2. The zero-order valence-electron chi connectivity index (χ0n) is 38.0. The Labute approximate surface area is 377 Å². The van der Waals surface area contributed by atoms with E-state index in [1.54, 1.807) is 0 Å². The molecule has 320 valence electrons. The van der Waals surface area contributed by atoms with Gasteiger partial charge in [0, 0.05) is 34.0 Å². The number of benzene rings is 5. The summed E-state index contributed by atoms with van der Waals surface area (Å²) in [6, 6.07) is 39.3. The molecule has 2 aliphatic rings. The van der Waals surface area contributed by atoms with Gasteiger partial charge in [0.2, 0.25) is 0 Å². The second-order valence-corrected chi connectivity index (χ2v) is 20.3. The average molecular weight is 889 g/mol. The maximum absolute atomic E-state index is 14.7. The molecule has 0 unspecified atom stereocenters. The van der Waals surface area contributed by atoms with Gasteiger partial charge in [-0.05, 0) is 106 Å². The van der Waals surface area contributed by atoms with Crippen LogP contribution in [-0.2, 0) is 20.4 Å². The molecule has 0 aliphatic carbocycles. The van der Waals surface area contributed by atoms with Gasteiger partial charge in [-0.1, -0.05) is 171 Å². The summed E-state index contributed by atoms with van der Waals surface area (Å²) in [5, 5.41) is 2.56. The van der Waals surface area contributed by atoms with Crippen LogP contribution in [0.25, 0.3) is 50.0 Å². The van der Waals surface area contributed by atoms with Crippen LogP contribution in [0.4, 0.5) is 0 Å². The molecule has 0 atom stereocenters. The quantitative estimate of drug-likeness (QED) is 0.102. The standard InChI is InChI=1S/C56H62BrN3O2/c1-9-11-13-15-33-58-51(49-50(54(58)62)52(40-21-27-43(57)28-22-40)59(53(49)61)34-16-14-12-10-2)39-19-17-37(18-20-39)38-23-29-44(30-24-38)60-47-31-25-41(55(3,4)5)35-45(47)46-36-42(56(6,7)8)26-32-48(46)60/h17-32,35-36H,9-16,33-34H2,1-8H3. The number of fused-ring (bicyclic) bond motifs is 4. The zero-order chi connectivity index (χ0) is 43.9. The lowest BCUT2D eigenvalue weighted by atomic mass is 9.85. The summed E-state index contributed by atoms with van der Waals surface area (Å²) < 4.78 is 3.36. The Bertz CT molecular complexity index is 2630. The number of carbonyl (C=O) groups is 2. The number of rotatable bonds is 14. The van der Waals surface area contributed by atoms with Crippen molar-refractivity contribution in [1.82, 2.24) is 14.4 Å². The first-order chi connectivity index (χ1) is 29.7. The number of amides is 2. The minimum absolute atomic E-state index is 0.0433. The topological polar surface area (TPSA) is 45.6 Å². The van der Waals surface area contributed by atoms with E-state index in [2.05, 4.69) is 161 Å². The molecule has 62 heavy (non-hydrogen) atoms. The highest BCUT2D eigenvalue weighted by molar-refractivity contribution is 9.10. The van der Waals surface area contributed by atoms with Gasteiger partial charge in [0.15, 0.2) is 0 Å². The zero-order valence-corrected chi connectivity index (χ0v) is 39.6. The Morgan fingerprint density at radius 2 is 0.855 bits per heavy atom. The van der Waals surface area contributed by atoms with Crippen molar-refractivity contribution in [3.63, 3.8) is 0 Å². The highest BCUT2D eigenvalue weighted by Gasteiger charge is 2.48.